The molecule has 18 heavy (non-hydrogen) atoms. The van der Waals surface area contributed by atoms with Gasteiger partial charge in [0.2, 0.25) is 0 Å². The Kier molecular flexibility index (Phi) is 4.07. The van der Waals surface area contributed by atoms with Crippen LogP contribution in [0.15, 0.2) is 28.7 Å². The Balaban J connectivity index is 2.31. The van der Waals surface area contributed by atoms with Crippen LogP contribution in [0.2, 0.25) is 0 Å². The van der Waals surface area contributed by atoms with Gasteiger partial charge in [0.05, 0.1) is 0 Å². The maximum Gasteiger partial charge on any atom is 0.328 e. The van der Waals surface area contributed by atoms with Gasteiger partial charge < -0.3 is 5.11 Å². The van der Waals surface area contributed by atoms with Crippen molar-refractivity contribution in [3.8, 4) is 0 Å². The molecule has 0 aliphatic heterocycles. The Bertz CT molecular complexity index is 443. The third-order valence-electron chi connectivity index (χ3n) is 3.69. The van der Waals surface area contributed by atoms with Gasteiger partial charge in [0.15, 0.2) is 0 Å². The first-order valence-corrected chi connectivity index (χ1v) is 7.09. The Labute approximate surface area is 116 Å². The van der Waals surface area contributed by atoms with Crippen molar-refractivity contribution in [1.82, 2.24) is 5.32 Å². The summed E-state index contributed by atoms with van der Waals surface area (Å²) in [5, 5.41) is 12.9. The van der Waals surface area contributed by atoms with Gasteiger partial charge in [-0.05, 0) is 31.4 Å². The molecule has 1 atom stereocenters. The summed E-state index contributed by atoms with van der Waals surface area (Å²) in [5.41, 5.74) is -0.251. The van der Waals surface area contributed by atoms with E-state index in [1.54, 1.807) is 6.92 Å². The largest absolute Gasteiger partial charge is 0.480 e. The molecule has 1 aliphatic carbocycles. The molecule has 0 bridgehead atoms. The standard InChI is InChI=1S/C14H18BrNO2/c1-14(13(17)18,16-10-6-2-3-7-10)11-8-4-5-9-12(11)15/h4-5,8-10,16H,2-3,6-7H2,1H3,(H,17,18). The number of carboxylic acids is 1. The van der Waals surface area contributed by atoms with Gasteiger partial charge in [-0.1, -0.05) is 47.0 Å². The van der Waals surface area contributed by atoms with Gasteiger partial charge in [0.1, 0.15) is 5.54 Å². The molecule has 1 aliphatic rings. The summed E-state index contributed by atoms with van der Waals surface area (Å²) in [4.78, 5) is 11.7. The zero-order chi connectivity index (χ0) is 13.2. The third-order valence-corrected chi connectivity index (χ3v) is 4.38. The number of nitrogens with one attached hydrogen (secondary N) is 1. The minimum Gasteiger partial charge on any atom is -0.480 e. The highest BCUT2D eigenvalue weighted by atomic mass is 79.9. The fraction of sp³-hybridized carbons (Fsp3) is 0.500. The van der Waals surface area contributed by atoms with Crippen LogP contribution in [0.4, 0.5) is 0 Å². The van der Waals surface area contributed by atoms with E-state index in [2.05, 4.69) is 21.2 Å². The van der Waals surface area contributed by atoms with Crippen LogP contribution in [0, 0.1) is 0 Å². The van der Waals surface area contributed by atoms with Crippen LogP contribution < -0.4 is 5.32 Å². The minimum absolute atomic E-state index is 0.304. The highest BCUT2D eigenvalue weighted by Gasteiger charge is 2.38. The first-order chi connectivity index (χ1) is 8.54. The number of rotatable bonds is 4. The predicted molar refractivity (Wildman–Crippen MR) is 74.5 cm³/mol. The molecule has 0 radical (unpaired) electrons. The maximum atomic E-state index is 11.7. The van der Waals surface area contributed by atoms with Gasteiger partial charge in [-0.25, -0.2) is 4.79 Å². The molecule has 2 N–H and O–H groups in total. The lowest BCUT2D eigenvalue weighted by molar-refractivity contribution is -0.145. The van der Waals surface area contributed by atoms with Crippen LogP contribution in [0.5, 0.6) is 0 Å². The second kappa shape index (κ2) is 5.41. The number of hydrogen-bond donors (Lipinski definition) is 2. The second-order valence-electron chi connectivity index (χ2n) is 5.04. The molecule has 0 amide bonds. The molecule has 98 valence electrons. The summed E-state index contributed by atoms with van der Waals surface area (Å²) in [5.74, 6) is -0.832. The van der Waals surface area contributed by atoms with E-state index in [-0.39, 0.29) is 0 Å². The lowest BCUT2D eigenvalue weighted by atomic mass is 9.91. The summed E-state index contributed by atoms with van der Waals surface area (Å²) < 4.78 is 0.834. The average Bonchev–Trinajstić information content (AvgIpc) is 2.81. The summed E-state index contributed by atoms with van der Waals surface area (Å²) in [6.45, 7) is 1.74. The Morgan fingerprint density at radius 2 is 2.00 bits per heavy atom. The van der Waals surface area contributed by atoms with Gasteiger partial charge in [-0.2, -0.15) is 0 Å². The first kappa shape index (κ1) is 13.6. The lowest BCUT2D eigenvalue weighted by Gasteiger charge is -2.31. The van der Waals surface area contributed by atoms with Crippen molar-refractivity contribution in [2.45, 2.75) is 44.2 Å². The molecular formula is C14H18BrNO2. The highest BCUT2D eigenvalue weighted by molar-refractivity contribution is 9.10. The molecule has 1 aromatic carbocycles. The lowest BCUT2D eigenvalue weighted by Crippen LogP contribution is -2.50. The van der Waals surface area contributed by atoms with E-state index in [1.165, 1.54) is 12.8 Å². The molecule has 0 heterocycles. The van der Waals surface area contributed by atoms with Crippen molar-refractivity contribution in [3.05, 3.63) is 34.3 Å². The smallest absolute Gasteiger partial charge is 0.328 e. The zero-order valence-electron chi connectivity index (χ0n) is 10.4. The Hall–Kier alpha value is -0.870. The van der Waals surface area contributed by atoms with Crippen LogP contribution in [-0.4, -0.2) is 17.1 Å². The van der Waals surface area contributed by atoms with E-state index in [1.807, 2.05) is 24.3 Å². The molecule has 1 unspecified atom stereocenters. The van der Waals surface area contributed by atoms with E-state index in [4.69, 9.17) is 0 Å². The first-order valence-electron chi connectivity index (χ1n) is 6.30. The number of halogens is 1. The van der Waals surface area contributed by atoms with Crippen molar-refractivity contribution >= 4 is 21.9 Å². The summed E-state index contributed by atoms with van der Waals surface area (Å²) in [6.07, 6.45) is 4.49. The van der Waals surface area contributed by atoms with Crippen molar-refractivity contribution in [3.63, 3.8) is 0 Å². The molecule has 3 nitrogen and oxygen atoms in total. The van der Waals surface area contributed by atoms with E-state index >= 15 is 0 Å². The number of carbonyl (C=O) groups is 1. The van der Waals surface area contributed by atoms with E-state index in [9.17, 15) is 9.90 Å². The summed E-state index contributed by atoms with van der Waals surface area (Å²) >= 11 is 3.45. The SMILES string of the molecule is CC(NC1CCCC1)(C(=O)O)c1ccccc1Br. The fourth-order valence-corrected chi connectivity index (χ4v) is 3.28. The van der Waals surface area contributed by atoms with Gasteiger partial charge in [0.25, 0.3) is 0 Å². The molecule has 0 saturated heterocycles. The molecule has 1 fully saturated rings. The zero-order valence-corrected chi connectivity index (χ0v) is 12.0. The van der Waals surface area contributed by atoms with Crippen LogP contribution in [-0.2, 0) is 10.3 Å². The molecule has 1 saturated carbocycles. The number of carboxylic acid groups (broad SMARTS) is 1. The van der Waals surface area contributed by atoms with Crippen molar-refractivity contribution < 1.29 is 9.90 Å². The Morgan fingerprint density at radius 3 is 2.56 bits per heavy atom. The van der Waals surface area contributed by atoms with Crippen LogP contribution in [0.1, 0.15) is 38.2 Å². The van der Waals surface area contributed by atoms with Crippen molar-refractivity contribution in [2.24, 2.45) is 0 Å². The molecular weight excluding hydrogens is 294 g/mol. The molecule has 2 rings (SSSR count). The van der Waals surface area contributed by atoms with Gasteiger partial charge in [-0.15, -0.1) is 0 Å². The van der Waals surface area contributed by atoms with Gasteiger partial charge in [-0.3, -0.25) is 5.32 Å². The molecule has 0 spiro atoms. The van der Waals surface area contributed by atoms with Crippen molar-refractivity contribution in [2.75, 3.05) is 0 Å². The molecule has 4 heteroatoms. The second-order valence-corrected chi connectivity index (χ2v) is 5.89. The van der Waals surface area contributed by atoms with E-state index < -0.39 is 11.5 Å². The highest BCUT2D eigenvalue weighted by Crippen LogP contribution is 2.31. The minimum atomic E-state index is -1.03. The quantitative estimate of drug-likeness (QED) is 0.897. The summed E-state index contributed by atoms with van der Waals surface area (Å²) in [7, 11) is 0. The molecule has 1 aromatic rings. The summed E-state index contributed by atoms with van der Waals surface area (Å²) in [6, 6.07) is 7.81. The van der Waals surface area contributed by atoms with Gasteiger partial charge in [0, 0.05) is 10.5 Å². The Morgan fingerprint density at radius 1 is 1.39 bits per heavy atom. The van der Waals surface area contributed by atoms with Crippen LogP contribution in [0.25, 0.3) is 0 Å². The van der Waals surface area contributed by atoms with Crippen LogP contribution >= 0.6 is 15.9 Å². The van der Waals surface area contributed by atoms with E-state index in [0.29, 0.717) is 6.04 Å². The predicted octanol–water partition coefficient (Wildman–Crippen LogP) is 3.28. The normalized spacial score (nSPS) is 19.7. The maximum absolute atomic E-state index is 11.7. The fourth-order valence-electron chi connectivity index (χ4n) is 2.60. The number of hydrogen-bond acceptors (Lipinski definition) is 2. The third kappa shape index (κ3) is 2.59. The van der Waals surface area contributed by atoms with Gasteiger partial charge >= 0.3 is 5.97 Å². The number of benzene rings is 1. The van der Waals surface area contributed by atoms with Crippen molar-refractivity contribution in [1.29, 1.82) is 0 Å². The van der Waals surface area contributed by atoms with Crippen LogP contribution in [0.3, 0.4) is 0 Å². The topological polar surface area (TPSA) is 49.3 Å². The van der Waals surface area contributed by atoms with E-state index in [0.717, 1.165) is 22.9 Å². The average molecular weight is 312 g/mol. The monoisotopic (exact) mass is 311 g/mol. The molecule has 0 aromatic heterocycles. The number of aliphatic carboxylic acids is 1.